The van der Waals surface area contributed by atoms with E-state index in [0.717, 1.165) is 72.9 Å². The van der Waals surface area contributed by atoms with Crippen LogP contribution in [0.1, 0.15) is 35.7 Å². The number of nitrogens with zero attached hydrogens (tertiary/aromatic N) is 5. The molecule has 0 amide bonds. The zero-order valence-electron chi connectivity index (χ0n) is 18.0. The van der Waals surface area contributed by atoms with Crippen molar-refractivity contribution in [2.45, 2.75) is 44.4 Å². The molecule has 4 aromatic rings. The van der Waals surface area contributed by atoms with Crippen LogP contribution in [0, 0.1) is 0 Å². The third kappa shape index (κ3) is 2.92. The lowest BCUT2D eigenvalue weighted by Crippen LogP contribution is -2.29. The first kappa shape index (κ1) is 18.5. The second kappa shape index (κ2) is 6.98. The Labute approximate surface area is 186 Å². The summed E-state index contributed by atoms with van der Waals surface area (Å²) < 4.78 is 7.79. The van der Waals surface area contributed by atoms with E-state index in [0.29, 0.717) is 6.61 Å². The minimum Gasteiger partial charge on any atom is -0.375 e. The quantitative estimate of drug-likeness (QED) is 0.543. The second-order valence-corrected chi connectivity index (χ2v) is 9.46. The zero-order chi connectivity index (χ0) is 21.1. The molecule has 6 heterocycles. The largest absolute Gasteiger partial charge is 0.375 e. The number of fused-ring (bicyclic) bond motifs is 4. The molecule has 1 fully saturated rings. The van der Waals surface area contributed by atoms with Gasteiger partial charge < -0.3 is 9.72 Å². The van der Waals surface area contributed by atoms with E-state index in [1.165, 1.54) is 24.2 Å². The summed E-state index contributed by atoms with van der Waals surface area (Å²) in [5.74, 6) is 1.08. The summed E-state index contributed by atoms with van der Waals surface area (Å²) >= 11 is 0. The number of aromatic nitrogens is 5. The van der Waals surface area contributed by atoms with Crippen molar-refractivity contribution in [3.63, 3.8) is 0 Å². The minimum absolute atomic E-state index is 0.199. The van der Waals surface area contributed by atoms with Crippen LogP contribution in [-0.2, 0) is 36.3 Å². The number of pyridine rings is 1. The molecular weight excluding hydrogens is 400 g/mol. The molecule has 0 radical (unpaired) electrons. The molecule has 1 N–H and O–H groups in total. The second-order valence-electron chi connectivity index (χ2n) is 9.46. The molecule has 0 saturated carbocycles. The van der Waals surface area contributed by atoms with Gasteiger partial charge >= 0.3 is 0 Å². The maximum Gasteiger partial charge on any atom is 0.120 e. The molecule has 1 unspecified atom stereocenters. The lowest BCUT2D eigenvalue weighted by Gasteiger charge is -2.23. The Kier molecular flexibility index (Phi) is 4.05. The van der Waals surface area contributed by atoms with E-state index in [-0.39, 0.29) is 5.41 Å². The number of aryl methyl sites for hydroxylation is 1. The van der Waals surface area contributed by atoms with Crippen LogP contribution < -0.4 is 0 Å². The highest BCUT2D eigenvalue weighted by Gasteiger charge is 2.45. The maximum atomic E-state index is 5.56. The van der Waals surface area contributed by atoms with Crippen molar-refractivity contribution in [1.82, 2.24) is 29.6 Å². The van der Waals surface area contributed by atoms with Crippen LogP contribution in [-0.4, -0.2) is 49.3 Å². The molecule has 7 heteroatoms. The Morgan fingerprint density at radius 3 is 3.03 bits per heavy atom. The monoisotopic (exact) mass is 426 g/mol. The summed E-state index contributed by atoms with van der Waals surface area (Å²) in [5, 5.41) is 6.12. The van der Waals surface area contributed by atoms with Crippen molar-refractivity contribution in [2.24, 2.45) is 0 Å². The first-order valence-corrected chi connectivity index (χ1v) is 11.6. The normalized spacial score (nSPS) is 22.6. The molecule has 7 rings (SSSR count). The number of imidazole rings is 1. The lowest BCUT2D eigenvalue weighted by atomic mass is 9.82. The van der Waals surface area contributed by atoms with Crippen LogP contribution in [0.15, 0.2) is 42.6 Å². The number of H-pyrrole nitrogens is 1. The first-order chi connectivity index (χ1) is 15.8. The summed E-state index contributed by atoms with van der Waals surface area (Å²) in [6, 6.07) is 12.8. The van der Waals surface area contributed by atoms with E-state index in [1.807, 2.05) is 12.3 Å². The fourth-order valence-corrected chi connectivity index (χ4v) is 5.78. The summed E-state index contributed by atoms with van der Waals surface area (Å²) in [6.07, 6.45) is 5.22. The molecule has 3 aliphatic heterocycles. The van der Waals surface area contributed by atoms with Crippen LogP contribution in [0.3, 0.4) is 0 Å². The van der Waals surface area contributed by atoms with Gasteiger partial charge in [-0.1, -0.05) is 18.2 Å². The first-order valence-electron chi connectivity index (χ1n) is 11.6. The van der Waals surface area contributed by atoms with Crippen LogP contribution in [0.25, 0.3) is 22.2 Å². The van der Waals surface area contributed by atoms with E-state index in [2.05, 4.69) is 49.9 Å². The minimum atomic E-state index is 0.199. The van der Waals surface area contributed by atoms with Gasteiger partial charge in [0.1, 0.15) is 5.82 Å². The Morgan fingerprint density at radius 2 is 2.06 bits per heavy atom. The molecule has 1 aromatic carbocycles. The molecule has 1 spiro atoms. The number of hydrogen-bond acceptors (Lipinski definition) is 5. The third-order valence-corrected chi connectivity index (χ3v) is 7.46. The van der Waals surface area contributed by atoms with Crippen LogP contribution in [0.4, 0.5) is 0 Å². The van der Waals surface area contributed by atoms with Gasteiger partial charge in [-0.25, -0.2) is 4.98 Å². The van der Waals surface area contributed by atoms with Crippen molar-refractivity contribution in [3.05, 3.63) is 65.5 Å². The number of nitrogens with one attached hydrogen (secondary N) is 1. The van der Waals surface area contributed by atoms with Gasteiger partial charge in [0.2, 0.25) is 0 Å². The Hall–Kier alpha value is -3.03. The van der Waals surface area contributed by atoms with E-state index in [4.69, 9.17) is 14.8 Å². The highest BCUT2D eigenvalue weighted by molar-refractivity contribution is 5.82. The van der Waals surface area contributed by atoms with Gasteiger partial charge in [-0.05, 0) is 37.6 Å². The van der Waals surface area contributed by atoms with Gasteiger partial charge in [-0.2, -0.15) is 5.10 Å². The highest BCUT2D eigenvalue weighted by Crippen LogP contribution is 2.44. The Bertz CT molecular complexity index is 1300. The standard InChI is InChI=1S/C25H26N6O/c1-2-4-19-17(3-1)11-18(13-26-19)21-12-23-25(7-9-31(23)29-21)6-8-30(16-25)14-24-27-20-5-10-32-15-22(20)28-24/h1-4,11-13H,5-10,14-16H2,(H,27,28). The number of benzene rings is 1. The summed E-state index contributed by atoms with van der Waals surface area (Å²) in [5.41, 5.74) is 7.09. The lowest BCUT2D eigenvalue weighted by molar-refractivity contribution is 0.107. The molecular formula is C25H26N6O. The van der Waals surface area contributed by atoms with Gasteiger partial charge in [0.05, 0.1) is 42.4 Å². The van der Waals surface area contributed by atoms with Gasteiger partial charge in [0.15, 0.2) is 0 Å². The van der Waals surface area contributed by atoms with Crippen LogP contribution in [0.2, 0.25) is 0 Å². The molecule has 3 aliphatic rings. The number of likely N-dealkylation sites (tertiary alicyclic amines) is 1. The van der Waals surface area contributed by atoms with Crippen LogP contribution in [0.5, 0.6) is 0 Å². The topological polar surface area (TPSA) is 71.9 Å². The average molecular weight is 427 g/mol. The van der Waals surface area contributed by atoms with Crippen LogP contribution >= 0.6 is 0 Å². The smallest absolute Gasteiger partial charge is 0.120 e. The van der Waals surface area contributed by atoms with Gasteiger partial charge in [0, 0.05) is 47.8 Å². The average Bonchev–Trinajstić information content (AvgIpc) is 3.59. The SMILES string of the molecule is c1ccc2ncc(-c3cc4n(n3)CCC43CCN(Cc4nc5c([nH]4)COCC5)C3)cc2c1. The number of hydrogen-bond donors (Lipinski definition) is 1. The Morgan fingerprint density at radius 1 is 1.12 bits per heavy atom. The number of ether oxygens (including phenoxy) is 1. The fourth-order valence-electron chi connectivity index (χ4n) is 5.78. The van der Waals surface area contributed by atoms with Crippen molar-refractivity contribution in [2.75, 3.05) is 19.7 Å². The molecule has 7 nitrogen and oxygen atoms in total. The van der Waals surface area contributed by atoms with E-state index >= 15 is 0 Å². The number of aromatic amines is 1. The van der Waals surface area contributed by atoms with Crippen molar-refractivity contribution >= 4 is 10.9 Å². The fraction of sp³-hybridized carbons (Fsp3) is 0.400. The number of rotatable bonds is 3. The highest BCUT2D eigenvalue weighted by atomic mass is 16.5. The van der Waals surface area contributed by atoms with Gasteiger partial charge in [-0.3, -0.25) is 14.6 Å². The van der Waals surface area contributed by atoms with Gasteiger partial charge in [0.25, 0.3) is 0 Å². The van der Waals surface area contributed by atoms with Crippen molar-refractivity contribution in [1.29, 1.82) is 0 Å². The predicted molar refractivity (Wildman–Crippen MR) is 121 cm³/mol. The van der Waals surface area contributed by atoms with Crippen molar-refractivity contribution in [3.8, 4) is 11.3 Å². The predicted octanol–water partition coefficient (Wildman–Crippen LogP) is 3.44. The maximum absolute atomic E-state index is 5.56. The zero-order valence-corrected chi connectivity index (χ0v) is 18.0. The van der Waals surface area contributed by atoms with E-state index in [9.17, 15) is 0 Å². The molecule has 3 aromatic heterocycles. The molecule has 1 atom stereocenters. The number of para-hydroxylation sites is 1. The molecule has 162 valence electrons. The third-order valence-electron chi connectivity index (χ3n) is 7.46. The van der Waals surface area contributed by atoms with E-state index in [1.54, 1.807) is 0 Å². The van der Waals surface area contributed by atoms with Gasteiger partial charge in [-0.15, -0.1) is 0 Å². The summed E-state index contributed by atoms with van der Waals surface area (Å²) in [6.45, 7) is 5.48. The summed E-state index contributed by atoms with van der Waals surface area (Å²) in [4.78, 5) is 15.5. The molecule has 32 heavy (non-hydrogen) atoms. The molecule has 0 aliphatic carbocycles. The Balaban J connectivity index is 1.14. The summed E-state index contributed by atoms with van der Waals surface area (Å²) in [7, 11) is 0. The molecule has 1 saturated heterocycles. The van der Waals surface area contributed by atoms with E-state index < -0.39 is 0 Å². The van der Waals surface area contributed by atoms with Crippen molar-refractivity contribution < 1.29 is 4.74 Å². The molecule has 0 bridgehead atoms.